The van der Waals surface area contributed by atoms with Crippen LogP contribution in [-0.2, 0) is 4.79 Å². The summed E-state index contributed by atoms with van der Waals surface area (Å²) in [6.07, 6.45) is 5.93. The third kappa shape index (κ3) is 3.35. The van der Waals surface area contributed by atoms with Crippen molar-refractivity contribution in [3.05, 3.63) is 0 Å². The van der Waals surface area contributed by atoms with Crippen LogP contribution in [0.2, 0.25) is 0 Å². The lowest BCUT2D eigenvalue weighted by molar-refractivity contribution is -0.121. The molecule has 76 valence electrons. The van der Waals surface area contributed by atoms with Crippen LogP contribution in [0.1, 0.15) is 32.6 Å². The molecule has 0 aromatic heterocycles. The van der Waals surface area contributed by atoms with Crippen molar-refractivity contribution in [1.82, 2.24) is 10.2 Å². The summed E-state index contributed by atoms with van der Waals surface area (Å²) in [5, 5.41) is 3.33. The van der Waals surface area contributed by atoms with Crippen molar-refractivity contribution in [3.8, 4) is 0 Å². The minimum atomic E-state index is 0.442. The zero-order valence-corrected chi connectivity index (χ0v) is 8.46. The van der Waals surface area contributed by atoms with Crippen LogP contribution < -0.4 is 5.32 Å². The Hall–Kier alpha value is -0.570. The predicted octanol–water partition coefficient (Wildman–Crippen LogP) is 0.997. The molecular formula is C10H20N2O. The van der Waals surface area contributed by atoms with Crippen molar-refractivity contribution in [1.29, 1.82) is 0 Å². The van der Waals surface area contributed by atoms with Crippen LogP contribution in [0.25, 0.3) is 0 Å². The summed E-state index contributed by atoms with van der Waals surface area (Å²) in [7, 11) is 0. The van der Waals surface area contributed by atoms with E-state index in [9.17, 15) is 4.79 Å². The topological polar surface area (TPSA) is 32.3 Å². The summed E-state index contributed by atoms with van der Waals surface area (Å²) in [4.78, 5) is 12.6. The summed E-state index contributed by atoms with van der Waals surface area (Å²) in [5.41, 5.74) is 0. The Balaban J connectivity index is 2.23. The quantitative estimate of drug-likeness (QED) is 0.510. The highest BCUT2D eigenvalue weighted by Gasteiger charge is 2.19. The van der Waals surface area contributed by atoms with Gasteiger partial charge in [0.05, 0.1) is 0 Å². The van der Waals surface area contributed by atoms with Gasteiger partial charge in [0, 0.05) is 25.7 Å². The number of hydrogen-bond donors (Lipinski definition) is 1. The third-order valence-corrected chi connectivity index (χ3v) is 2.67. The minimum absolute atomic E-state index is 0.442. The molecule has 1 amide bonds. The van der Waals surface area contributed by atoms with Gasteiger partial charge in [-0.15, -0.1) is 0 Å². The summed E-state index contributed by atoms with van der Waals surface area (Å²) >= 11 is 0. The van der Waals surface area contributed by atoms with Gasteiger partial charge < -0.3 is 10.2 Å². The second kappa shape index (κ2) is 5.97. The maximum atomic E-state index is 10.7. The molecule has 13 heavy (non-hydrogen) atoms. The molecule has 1 fully saturated rings. The molecule has 1 aliphatic heterocycles. The van der Waals surface area contributed by atoms with E-state index >= 15 is 0 Å². The normalized spacial score (nSPS) is 23.2. The number of hydrogen-bond acceptors (Lipinski definition) is 2. The van der Waals surface area contributed by atoms with Gasteiger partial charge in [-0.2, -0.15) is 0 Å². The first-order valence-corrected chi connectivity index (χ1v) is 5.30. The fourth-order valence-corrected chi connectivity index (χ4v) is 1.81. The second-order valence-corrected chi connectivity index (χ2v) is 3.70. The lowest BCUT2D eigenvalue weighted by Crippen LogP contribution is -2.50. The van der Waals surface area contributed by atoms with Crippen LogP contribution in [0.3, 0.4) is 0 Å². The molecule has 1 N–H and O–H groups in total. The molecule has 0 spiro atoms. The van der Waals surface area contributed by atoms with Crippen LogP contribution in [0.5, 0.6) is 0 Å². The van der Waals surface area contributed by atoms with E-state index < -0.39 is 0 Å². The predicted molar refractivity (Wildman–Crippen MR) is 53.6 cm³/mol. The van der Waals surface area contributed by atoms with Crippen molar-refractivity contribution in [3.63, 3.8) is 0 Å². The Morgan fingerprint density at radius 2 is 2.38 bits per heavy atom. The van der Waals surface area contributed by atoms with E-state index in [-0.39, 0.29) is 0 Å². The maximum absolute atomic E-state index is 10.7. The molecule has 3 nitrogen and oxygen atoms in total. The van der Waals surface area contributed by atoms with Gasteiger partial charge in [-0.1, -0.05) is 26.2 Å². The summed E-state index contributed by atoms with van der Waals surface area (Å²) < 4.78 is 0. The van der Waals surface area contributed by atoms with Crippen LogP contribution in [-0.4, -0.2) is 37.0 Å². The standard InChI is InChI=1S/C10H20N2O/c1-2-3-4-5-10-8-11-6-7-12(10)9-13/h9-11H,2-8H2,1H3. The number of unbranched alkanes of at least 4 members (excludes halogenated alkanes) is 2. The average Bonchev–Trinajstić information content (AvgIpc) is 2.19. The fourth-order valence-electron chi connectivity index (χ4n) is 1.81. The molecule has 1 rings (SSSR count). The van der Waals surface area contributed by atoms with E-state index in [1.54, 1.807) is 0 Å². The van der Waals surface area contributed by atoms with Crippen LogP contribution in [0.15, 0.2) is 0 Å². The maximum Gasteiger partial charge on any atom is 0.210 e. The molecule has 3 heteroatoms. The van der Waals surface area contributed by atoms with Gasteiger partial charge in [-0.05, 0) is 6.42 Å². The van der Waals surface area contributed by atoms with Gasteiger partial charge in [-0.3, -0.25) is 4.79 Å². The molecule has 0 aromatic carbocycles. The lowest BCUT2D eigenvalue weighted by atomic mass is 10.1. The molecule has 1 heterocycles. The first kappa shape index (κ1) is 10.5. The average molecular weight is 184 g/mol. The summed E-state index contributed by atoms with van der Waals surface area (Å²) in [6.45, 7) is 5.00. The Kier molecular flexibility index (Phi) is 4.83. The molecule has 1 aliphatic rings. The van der Waals surface area contributed by atoms with Crippen molar-refractivity contribution in [2.75, 3.05) is 19.6 Å². The highest BCUT2D eigenvalue weighted by molar-refractivity contribution is 5.48. The third-order valence-electron chi connectivity index (χ3n) is 2.67. The number of amides is 1. The Labute approximate surface area is 80.5 Å². The van der Waals surface area contributed by atoms with Gasteiger partial charge >= 0.3 is 0 Å². The van der Waals surface area contributed by atoms with Gasteiger partial charge in [0.25, 0.3) is 0 Å². The van der Waals surface area contributed by atoms with E-state index in [1.165, 1.54) is 19.3 Å². The number of piperazine rings is 1. The van der Waals surface area contributed by atoms with Gasteiger partial charge in [-0.25, -0.2) is 0 Å². The number of carbonyl (C=O) groups is 1. The Morgan fingerprint density at radius 1 is 1.54 bits per heavy atom. The summed E-state index contributed by atoms with van der Waals surface area (Å²) in [6, 6.07) is 0.442. The first-order valence-electron chi connectivity index (χ1n) is 5.30. The second-order valence-electron chi connectivity index (χ2n) is 3.70. The largest absolute Gasteiger partial charge is 0.340 e. The van der Waals surface area contributed by atoms with E-state index in [4.69, 9.17) is 0 Å². The molecule has 0 radical (unpaired) electrons. The van der Waals surface area contributed by atoms with Crippen molar-refractivity contribution < 1.29 is 4.79 Å². The lowest BCUT2D eigenvalue weighted by Gasteiger charge is -2.33. The van der Waals surface area contributed by atoms with Gasteiger partial charge in [0.2, 0.25) is 6.41 Å². The van der Waals surface area contributed by atoms with Gasteiger partial charge in [0.1, 0.15) is 0 Å². The molecule has 0 bridgehead atoms. The van der Waals surface area contributed by atoms with E-state index in [2.05, 4.69) is 12.2 Å². The molecule has 0 saturated carbocycles. The highest BCUT2D eigenvalue weighted by atomic mass is 16.1. The monoisotopic (exact) mass is 184 g/mol. The smallest absolute Gasteiger partial charge is 0.210 e. The molecule has 0 aliphatic carbocycles. The van der Waals surface area contributed by atoms with Crippen LogP contribution in [0.4, 0.5) is 0 Å². The molecule has 0 aromatic rings. The van der Waals surface area contributed by atoms with E-state index in [0.29, 0.717) is 6.04 Å². The molecule has 1 saturated heterocycles. The number of rotatable bonds is 5. The molecule has 1 atom stereocenters. The number of nitrogens with zero attached hydrogens (tertiary/aromatic N) is 1. The SMILES string of the molecule is CCCCCC1CNCCN1C=O. The van der Waals surface area contributed by atoms with Crippen LogP contribution >= 0.6 is 0 Å². The van der Waals surface area contributed by atoms with Gasteiger partial charge in [0.15, 0.2) is 0 Å². The Bertz CT molecular complexity index is 150. The van der Waals surface area contributed by atoms with E-state index in [0.717, 1.165) is 32.5 Å². The van der Waals surface area contributed by atoms with E-state index in [1.807, 2.05) is 4.90 Å². The minimum Gasteiger partial charge on any atom is -0.340 e. The summed E-state index contributed by atoms with van der Waals surface area (Å²) in [5.74, 6) is 0. The van der Waals surface area contributed by atoms with Crippen molar-refractivity contribution in [2.45, 2.75) is 38.6 Å². The number of carbonyl (C=O) groups excluding carboxylic acids is 1. The zero-order valence-electron chi connectivity index (χ0n) is 8.46. The highest BCUT2D eigenvalue weighted by Crippen LogP contribution is 2.10. The first-order chi connectivity index (χ1) is 6.38. The Morgan fingerprint density at radius 3 is 3.08 bits per heavy atom. The number of nitrogens with one attached hydrogen (secondary N) is 1. The fraction of sp³-hybridized carbons (Fsp3) is 0.900. The van der Waals surface area contributed by atoms with Crippen LogP contribution in [0, 0.1) is 0 Å². The molecular weight excluding hydrogens is 164 g/mol. The molecule has 1 unspecified atom stereocenters. The van der Waals surface area contributed by atoms with Crippen molar-refractivity contribution in [2.24, 2.45) is 0 Å². The van der Waals surface area contributed by atoms with Crippen molar-refractivity contribution >= 4 is 6.41 Å². The zero-order chi connectivity index (χ0) is 9.52.